The van der Waals surface area contributed by atoms with Gasteiger partial charge in [0.1, 0.15) is 0 Å². The van der Waals surface area contributed by atoms with Crippen molar-refractivity contribution in [2.24, 2.45) is 11.8 Å². The van der Waals surface area contributed by atoms with Gasteiger partial charge in [0.05, 0.1) is 0 Å². The van der Waals surface area contributed by atoms with Gasteiger partial charge in [-0.1, -0.05) is 109 Å². The lowest BCUT2D eigenvalue weighted by atomic mass is 9.73. The summed E-state index contributed by atoms with van der Waals surface area (Å²) in [5, 5.41) is 4.30. The molecule has 3 rings (SSSR count). The van der Waals surface area contributed by atoms with Crippen molar-refractivity contribution in [3.05, 3.63) is 0 Å². The van der Waals surface area contributed by atoms with Crippen molar-refractivity contribution in [2.75, 3.05) is 0 Å². The molecule has 3 saturated carbocycles. The molecule has 2 atom stereocenters. The molecule has 3 aliphatic rings. The van der Waals surface area contributed by atoms with Crippen LogP contribution in [0.1, 0.15) is 135 Å². The lowest BCUT2D eigenvalue weighted by Gasteiger charge is -2.39. The standard InChI is InChI=1S/C25H47N/c1-2-7-13-19-23(18-12-6-1)26-25-21-15-9-8-14-20-24(25)22-16-10-4-3-5-11-17-22/h22-26H,1-21H2. The molecule has 0 aromatic carbocycles. The van der Waals surface area contributed by atoms with Crippen molar-refractivity contribution in [3.63, 3.8) is 0 Å². The van der Waals surface area contributed by atoms with Crippen molar-refractivity contribution in [3.8, 4) is 0 Å². The number of nitrogens with one attached hydrogen (secondary N) is 1. The Labute approximate surface area is 164 Å². The summed E-state index contributed by atoms with van der Waals surface area (Å²) in [5.74, 6) is 2.02. The quantitative estimate of drug-likeness (QED) is 0.541. The Balaban J connectivity index is 1.62. The van der Waals surface area contributed by atoms with Crippen LogP contribution >= 0.6 is 0 Å². The van der Waals surface area contributed by atoms with Crippen LogP contribution in [0.4, 0.5) is 0 Å². The summed E-state index contributed by atoms with van der Waals surface area (Å²) in [7, 11) is 0. The second kappa shape index (κ2) is 12.4. The number of hydrogen-bond donors (Lipinski definition) is 1. The Morgan fingerprint density at radius 3 is 1.38 bits per heavy atom. The zero-order valence-electron chi connectivity index (χ0n) is 17.7. The van der Waals surface area contributed by atoms with E-state index in [1.807, 2.05) is 0 Å². The van der Waals surface area contributed by atoms with Crippen molar-refractivity contribution in [1.82, 2.24) is 5.32 Å². The molecule has 1 N–H and O–H groups in total. The predicted molar refractivity (Wildman–Crippen MR) is 115 cm³/mol. The number of hydrogen-bond acceptors (Lipinski definition) is 1. The first-order valence-electron chi connectivity index (χ1n) is 12.7. The van der Waals surface area contributed by atoms with Crippen LogP contribution in [0.2, 0.25) is 0 Å². The van der Waals surface area contributed by atoms with E-state index in [-0.39, 0.29) is 0 Å². The maximum absolute atomic E-state index is 4.30. The Hall–Kier alpha value is -0.0400. The largest absolute Gasteiger partial charge is 0.311 e. The third kappa shape index (κ3) is 7.17. The van der Waals surface area contributed by atoms with Crippen LogP contribution in [-0.4, -0.2) is 12.1 Å². The first kappa shape index (κ1) is 20.7. The van der Waals surface area contributed by atoms with Crippen LogP contribution in [0.5, 0.6) is 0 Å². The van der Waals surface area contributed by atoms with E-state index >= 15 is 0 Å². The Morgan fingerprint density at radius 2 is 0.808 bits per heavy atom. The first-order valence-corrected chi connectivity index (χ1v) is 12.7. The predicted octanol–water partition coefficient (Wildman–Crippen LogP) is 7.78. The third-order valence-electron chi connectivity index (χ3n) is 7.88. The van der Waals surface area contributed by atoms with Gasteiger partial charge < -0.3 is 5.32 Å². The molecule has 0 saturated heterocycles. The van der Waals surface area contributed by atoms with Crippen molar-refractivity contribution >= 4 is 0 Å². The topological polar surface area (TPSA) is 12.0 Å². The summed E-state index contributed by atoms with van der Waals surface area (Å²) >= 11 is 0. The van der Waals surface area contributed by atoms with Gasteiger partial charge in [-0.15, -0.1) is 0 Å². The van der Waals surface area contributed by atoms with Crippen LogP contribution in [0.3, 0.4) is 0 Å². The van der Waals surface area contributed by atoms with E-state index in [1.165, 1.54) is 135 Å². The smallest absolute Gasteiger partial charge is 0.0101 e. The second-order valence-corrected chi connectivity index (χ2v) is 9.93. The summed E-state index contributed by atoms with van der Waals surface area (Å²) in [6.45, 7) is 0. The molecule has 2 unspecified atom stereocenters. The van der Waals surface area contributed by atoms with Crippen LogP contribution in [0.15, 0.2) is 0 Å². The lowest BCUT2D eigenvalue weighted by molar-refractivity contribution is 0.160. The summed E-state index contributed by atoms with van der Waals surface area (Å²) in [4.78, 5) is 0. The Kier molecular flexibility index (Phi) is 9.89. The highest BCUT2D eigenvalue weighted by atomic mass is 15.0. The van der Waals surface area contributed by atoms with Crippen LogP contribution < -0.4 is 5.32 Å². The minimum Gasteiger partial charge on any atom is -0.311 e. The SMILES string of the molecule is C1CCCCC(NC2CCCCCCC2C2CCCCCCC2)CCC1. The van der Waals surface area contributed by atoms with Gasteiger partial charge in [0.2, 0.25) is 0 Å². The van der Waals surface area contributed by atoms with E-state index in [9.17, 15) is 0 Å². The fraction of sp³-hybridized carbons (Fsp3) is 1.00. The van der Waals surface area contributed by atoms with Crippen molar-refractivity contribution in [1.29, 1.82) is 0 Å². The van der Waals surface area contributed by atoms with Crippen molar-refractivity contribution in [2.45, 2.75) is 147 Å². The monoisotopic (exact) mass is 361 g/mol. The van der Waals surface area contributed by atoms with Gasteiger partial charge in [-0.3, -0.25) is 0 Å². The van der Waals surface area contributed by atoms with Gasteiger partial charge in [0, 0.05) is 12.1 Å². The molecule has 0 aliphatic heterocycles. The van der Waals surface area contributed by atoms with E-state index in [1.54, 1.807) is 0 Å². The molecule has 0 bridgehead atoms. The first-order chi connectivity index (χ1) is 12.9. The second-order valence-electron chi connectivity index (χ2n) is 9.93. The van der Waals surface area contributed by atoms with Gasteiger partial charge in [0.15, 0.2) is 0 Å². The van der Waals surface area contributed by atoms with E-state index in [0.29, 0.717) is 0 Å². The molecular weight excluding hydrogens is 314 g/mol. The highest BCUT2D eigenvalue weighted by Gasteiger charge is 2.31. The molecule has 0 heterocycles. The maximum Gasteiger partial charge on any atom is 0.0101 e. The summed E-state index contributed by atoms with van der Waals surface area (Å²) in [6, 6.07) is 1.67. The molecule has 1 nitrogen and oxygen atoms in total. The van der Waals surface area contributed by atoms with E-state index in [4.69, 9.17) is 0 Å². The zero-order chi connectivity index (χ0) is 17.9. The summed E-state index contributed by atoms with van der Waals surface area (Å²) in [5.41, 5.74) is 0. The fourth-order valence-electron chi connectivity index (χ4n) is 6.30. The highest BCUT2D eigenvalue weighted by Crippen LogP contribution is 2.36. The van der Waals surface area contributed by atoms with E-state index in [2.05, 4.69) is 5.32 Å². The van der Waals surface area contributed by atoms with Gasteiger partial charge in [-0.25, -0.2) is 0 Å². The normalized spacial score (nSPS) is 32.3. The van der Waals surface area contributed by atoms with Crippen molar-refractivity contribution < 1.29 is 0 Å². The molecule has 3 fully saturated rings. The Morgan fingerprint density at radius 1 is 0.385 bits per heavy atom. The molecule has 152 valence electrons. The minimum atomic E-state index is 0.827. The molecule has 26 heavy (non-hydrogen) atoms. The van der Waals surface area contributed by atoms with Crippen LogP contribution in [0.25, 0.3) is 0 Å². The lowest BCUT2D eigenvalue weighted by Crippen LogP contribution is -2.45. The number of rotatable bonds is 3. The van der Waals surface area contributed by atoms with E-state index < -0.39 is 0 Å². The van der Waals surface area contributed by atoms with Crippen LogP contribution in [-0.2, 0) is 0 Å². The molecule has 0 spiro atoms. The van der Waals surface area contributed by atoms with Crippen LogP contribution in [0, 0.1) is 11.8 Å². The highest BCUT2D eigenvalue weighted by molar-refractivity contribution is 4.87. The molecular formula is C25H47N. The molecule has 0 radical (unpaired) electrons. The molecule has 0 aromatic heterocycles. The summed E-state index contributed by atoms with van der Waals surface area (Å²) < 4.78 is 0. The molecule has 1 heteroatoms. The van der Waals surface area contributed by atoms with Gasteiger partial charge >= 0.3 is 0 Å². The Bertz CT molecular complexity index is 334. The molecule has 3 aliphatic carbocycles. The zero-order valence-corrected chi connectivity index (χ0v) is 17.7. The molecule has 0 aromatic rings. The third-order valence-corrected chi connectivity index (χ3v) is 7.88. The average molecular weight is 362 g/mol. The average Bonchev–Trinajstić information content (AvgIpc) is 2.72. The minimum absolute atomic E-state index is 0.827. The van der Waals surface area contributed by atoms with Gasteiger partial charge in [-0.05, 0) is 37.5 Å². The van der Waals surface area contributed by atoms with E-state index in [0.717, 1.165) is 23.9 Å². The van der Waals surface area contributed by atoms with Gasteiger partial charge in [-0.2, -0.15) is 0 Å². The fourth-order valence-corrected chi connectivity index (χ4v) is 6.30. The maximum atomic E-state index is 4.30. The molecule has 0 amide bonds. The summed E-state index contributed by atoms with van der Waals surface area (Å²) in [6.07, 6.45) is 31.3. The van der Waals surface area contributed by atoms with Gasteiger partial charge in [0.25, 0.3) is 0 Å².